The van der Waals surface area contributed by atoms with Gasteiger partial charge in [-0.2, -0.15) is 0 Å². The van der Waals surface area contributed by atoms with E-state index >= 15 is 0 Å². The first kappa shape index (κ1) is 16.5. The van der Waals surface area contributed by atoms with Gasteiger partial charge in [0.2, 0.25) is 11.8 Å². The molecule has 1 atom stereocenters. The lowest BCUT2D eigenvalue weighted by atomic mass is 9.89. The second-order valence-corrected chi connectivity index (χ2v) is 6.54. The predicted octanol–water partition coefficient (Wildman–Crippen LogP) is 2.00. The van der Waals surface area contributed by atoms with Crippen LogP contribution in [-0.4, -0.2) is 47.9 Å². The van der Waals surface area contributed by atoms with Gasteiger partial charge in [0.05, 0.1) is 5.92 Å². The molecule has 0 radical (unpaired) electrons. The highest BCUT2D eigenvalue weighted by Crippen LogP contribution is 2.34. The number of halogens is 1. The molecular weight excluding hydrogens is 335 g/mol. The van der Waals surface area contributed by atoms with E-state index in [-0.39, 0.29) is 18.2 Å². The van der Waals surface area contributed by atoms with Crippen molar-refractivity contribution in [3.63, 3.8) is 0 Å². The van der Waals surface area contributed by atoms with Crippen molar-refractivity contribution >= 4 is 23.3 Å². The van der Waals surface area contributed by atoms with E-state index in [0.717, 1.165) is 5.82 Å². The van der Waals surface area contributed by atoms with Gasteiger partial charge in [-0.3, -0.25) is 9.59 Å². The quantitative estimate of drug-likeness (QED) is 0.896. The highest BCUT2D eigenvalue weighted by molar-refractivity contribution is 6.01. The lowest BCUT2D eigenvalue weighted by molar-refractivity contribution is -0.135. The Morgan fingerprint density at radius 1 is 1.15 bits per heavy atom. The van der Waals surface area contributed by atoms with E-state index < -0.39 is 11.7 Å². The minimum absolute atomic E-state index is 0.0756. The summed E-state index contributed by atoms with van der Waals surface area (Å²) >= 11 is 0. The molecule has 2 aliphatic rings. The van der Waals surface area contributed by atoms with E-state index in [1.165, 1.54) is 12.1 Å². The number of rotatable bonds is 2. The van der Waals surface area contributed by atoms with Crippen molar-refractivity contribution in [3.8, 4) is 0 Å². The number of nitrogens with zero attached hydrogens (tertiary/aromatic N) is 3. The zero-order chi connectivity index (χ0) is 18.1. The molecule has 1 saturated heterocycles. The third kappa shape index (κ3) is 3.12. The Morgan fingerprint density at radius 2 is 1.96 bits per heavy atom. The van der Waals surface area contributed by atoms with Crippen LogP contribution in [0.5, 0.6) is 0 Å². The minimum atomic E-state index is -0.555. The van der Waals surface area contributed by atoms with Crippen molar-refractivity contribution in [2.75, 3.05) is 36.4 Å². The second-order valence-electron chi connectivity index (χ2n) is 6.54. The normalized spacial score (nSPS) is 19.7. The summed E-state index contributed by atoms with van der Waals surface area (Å²) in [5.41, 5.74) is 1.08. The van der Waals surface area contributed by atoms with Crippen molar-refractivity contribution in [2.45, 2.75) is 12.3 Å². The molecule has 4 rings (SSSR count). The largest absolute Gasteiger partial charge is 0.353 e. The molecule has 1 unspecified atom stereocenters. The smallest absolute Gasteiger partial charge is 0.230 e. The highest BCUT2D eigenvalue weighted by atomic mass is 19.1. The number of pyridine rings is 1. The third-order valence-corrected chi connectivity index (χ3v) is 4.92. The summed E-state index contributed by atoms with van der Waals surface area (Å²) in [6.45, 7) is 2.53. The molecule has 26 heavy (non-hydrogen) atoms. The fraction of sp³-hybridized carbons (Fsp3) is 0.316. The van der Waals surface area contributed by atoms with E-state index in [1.54, 1.807) is 17.2 Å². The van der Waals surface area contributed by atoms with Crippen LogP contribution in [0.25, 0.3) is 0 Å². The van der Waals surface area contributed by atoms with Gasteiger partial charge >= 0.3 is 0 Å². The number of benzene rings is 1. The Bertz CT molecular complexity index is 835. The van der Waals surface area contributed by atoms with Crippen molar-refractivity contribution in [1.82, 2.24) is 9.88 Å². The van der Waals surface area contributed by atoms with Gasteiger partial charge in [-0.1, -0.05) is 12.1 Å². The Labute approximate surface area is 150 Å². The maximum atomic E-state index is 13.5. The van der Waals surface area contributed by atoms with Gasteiger partial charge in [0.1, 0.15) is 11.6 Å². The Hall–Kier alpha value is -2.96. The molecule has 0 bridgehead atoms. The molecule has 3 heterocycles. The molecule has 1 fully saturated rings. The van der Waals surface area contributed by atoms with E-state index in [9.17, 15) is 14.0 Å². The van der Waals surface area contributed by atoms with Crippen LogP contribution >= 0.6 is 0 Å². The predicted molar refractivity (Wildman–Crippen MR) is 95.4 cm³/mol. The van der Waals surface area contributed by atoms with Crippen molar-refractivity contribution in [3.05, 3.63) is 54.0 Å². The Balaban J connectivity index is 1.48. The van der Waals surface area contributed by atoms with Gasteiger partial charge in [-0.15, -0.1) is 0 Å². The van der Waals surface area contributed by atoms with Gasteiger partial charge in [-0.25, -0.2) is 9.37 Å². The summed E-state index contributed by atoms with van der Waals surface area (Å²) in [6.07, 6.45) is 1.85. The summed E-state index contributed by atoms with van der Waals surface area (Å²) in [4.78, 5) is 33.2. The molecule has 2 amide bonds. The van der Waals surface area contributed by atoms with Crippen LogP contribution in [-0.2, 0) is 9.59 Å². The van der Waals surface area contributed by atoms with Gasteiger partial charge < -0.3 is 15.1 Å². The molecule has 1 aromatic heterocycles. The number of carbonyl (C=O) groups is 2. The van der Waals surface area contributed by atoms with Crippen LogP contribution in [0.3, 0.4) is 0 Å². The van der Waals surface area contributed by atoms with Gasteiger partial charge in [0.25, 0.3) is 0 Å². The average molecular weight is 354 g/mol. The minimum Gasteiger partial charge on any atom is -0.353 e. The molecule has 2 aliphatic heterocycles. The lowest BCUT2D eigenvalue weighted by Crippen LogP contribution is -2.51. The first-order valence-electron chi connectivity index (χ1n) is 8.66. The van der Waals surface area contributed by atoms with Crippen molar-refractivity contribution < 1.29 is 14.0 Å². The van der Waals surface area contributed by atoms with E-state index in [4.69, 9.17) is 0 Å². The van der Waals surface area contributed by atoms with Gasteiger partial charge in [0, 0.05) is 44.5 Å². The van der Waals surface area contributed by atoms with Crippen LogP contribution in [0.15, 0.2) is 42.6 Å². The standard InChI is InChI=1S/C19H19FN4O2/c20-13-4-5-14-15(12-18(25)22-16(14)11-13)19(26)24-9-7-23(8-10-24)17-3-1-2-6-21-17/h1-6,11,15H,7-10,12H2,(H,22,25). The van der Waals surface area contributed by atoms with Crippen molar-refractivity contribution in [2.24, 2.45) is 0 Å². The highest BCUT2D eigenvalue weighted by Gasteiger charge is 2.34. The summed E-state index contributed by atoms with van der Waals surface area (Å²) in [5, 5.41) is 2.65. The first-order chi connectivity index (χ1) is 12.6. The number of nitrogens with one attached hydrogen (secondary N) is 1. The molecule has 0 saturated carbocycles. The molecular formula is C19H19FN4O2. The molecule has 7 heteroatoms. The number of anilines is 2. The second kappa shape index (κ2) is 6.74. The molecule has 134 valence electrons. The monoisotopic (exact) mass is 354 g/mol. The van der Waals surface area contributed by atoms with Gasteiger partial charge in [-0.05, 0) is 29.8 Å². The average Bonchev–Trinajstić information content (AvgIpc) is 2.67. The Morgan fingerprint density at radius 3 is 2.69 bits per heavy atom. The number of carbonyl (C=O) groups excluding carboxylic acids is 2. The van der Waals surface area contributed by atoms with E-state index in [2.05, 4.69) is 15.2 Å². The Kier molecular flexibility index (Phi) is 4.28. The van der Waals surface area contributed by atoms with Crippen LogP contribution in [0, 0.1) is 5.82 Å². The van der Waals surface area contributed by atoms with Crippen molar-refractivity contribution in [1.29, 1.82) is 0 Å². The molecule has 0 spiro atoms. The van der Waals surface area contributed by atoms with Crippen LogP contribution in [0.4, 0.5) is 15.9 Å². The SMILES string of the molecule is O=C1CC(C(=O)N2CCN(c3ccccn3)CC2)c2ccc(F)cc2N1. The number of hydrogen-bond acceptors (Lipinski definition) is 4. The summed E-state index contributed by atoms with van der Waals surface area (Å²) in [7, 11) is 0. The maximum Gasteiger partial charge on any atom is 0.230 e. The fourth-order valence-corrected chi connectivity index (χ4v) is 3.57. The zero-order valence-corrected chi connectivity index (χ0v) is 14.2. The number of fused-ring (bicyclic) bond motifs is 1. The van der Waals surface area contributed by atoms with E-state index in [1.807, 2.05) is 18.2 Å². The maximum absolute atomic E-state index is 13.5. The number of amides is 2. The number of hydrogen-bond donors (Lipinski definition) is 1. The molecule has 1 aromatic carbocycles. The van der Waals surface area contributed by atoms with E-state index in [0.29, 0.717) is 37.4 Å². The molecule has 0 aliphatic carbocycles. The third-order valence-electron chi connectivity index (χ3n) is 4.92. The molecule has 2 aromatic rings. The van der Waals surface area contributed by atoms with Gasteiger partial charge in [0.15, 0.2) is 0 Å². The fourth-order valence-electron chi connectivity index (χ4n) is 3.57. The summed E-state index contributed by atoms with van der Waals surface area (Å²) < 4.78 is 13.5. The summed E-state index contributed by atoms with van der Waals surface area (Å²) in [6, 6.07) is 9.96. The zero-order valence-electron chi connectivity index (χ0n) is 14.2. The first-order valence-corrected chi connectivity index (χ1v) is 8.66. The van der Waals surface area contributed by atoms with Crippen LogP contribution in [0.2, 0.25) is 0 Å². The number of aromatic nitrogens is 1. The lowest BCUT2D eigenvalue weighted by Gasteiger charge is -2.37. The van der Waals surface area contributed by atoms with Crippen LogP contribution < -0.4 is 10.2 Å². The topological polar surface area (TPSA) is 65.5 Å². The molecule has 6 nitrogen and oxygen atoms in total. The van der Waals surface area contributed by atoms with Crippen LogP contribution in [0.1, 0.15) is 17.9 Å². The molecule has 1 N–H and O–H groups in total. The number of piperazine rings is 1. The summed E-state index contributed by atoms with van der Waals surface area (Å²) in [5.74, 6) is -0.415.